The van der Waals surface area contributed by atoms with E-state index in [2.05, 4.69) is 0 Å². The second-order valence-electron chi connectivity index (χ2n) is 4.20. The minimum absolute atomic E-state index is 0.135. The van der Waals surface area contributed by atoms with Crippen LogP contribution in [0.3, 0.4) is 0 Å². The zero-order valence-electron chi connectivity index (χ0n) is 8.39. The van der Waals surface area contributed by atoms with E-state index in [-0.39, 0.29) is 11.1 Å². The molecule has 0 aromatic heterocycles. The van der Waals surface area contributed by atoms with E-state index in [1.807, 2.05) is 0 Å². The molecule has 0 atom stereocenters. The van der Waals surface area contributed by atoms with Gasteiger partial charge in [0.2, 0.25) is 0 Å². The summed E-state index contributed by atoms with van der Waals surface area (Å²) in [4.78, 5) is 0. The minimum atomic E-state index is -0.967. The first-order valence-electron chi connectivity index (χ1n) is 5.04. The third-order valence-corrected chi connectivity index (χ3v) is 3.37. The Bertz CT molecular complexity index is 358. The van der Waals surface area contributed by atoms with Crippen molar-refractivity contribution < 1.29 is 8.78 Å². The Hall–Kier alpha value is -1.16. The molecule has 0 saturated heterocycles. The maximum absolute atomic E-state index is 13.2. The molecule has 2 rings (SSSR count). The van der Waals surface area contributed by atoms with E-state index in [4.69, 9.17) is 11.5 Å². The molecule has 2 nitrogen and oxygen atoms in total. The van der Waals surface area contributed by atoms with Gasteiger partial charge in [0.15, 0.2) is 11.6 Å². The lowest BCUT2D eigenvalue weighted by molar-refractivity contribution is 0.252. The number of hydrogen-bond acceptors (Lipinski definition) is 2. The number of hydrogen-bond donors (Lipinski definition) is 2. The van der Waals surface area contributed by atoms with Gasteiger partial charge >= 0.3 is 0 Å². The highest BCUT2D eigenvalue weighted by Crippen LogP contribution is 2.43. The predicted molar refractivity (Wildman–Crippen MR) is 55.4 cm³/mol. The molecule has 1 fully saturated rings. The average molecular weight is 212 g/mol. The molecule has 1 saturated carbocycles. The molecule has 0 radical (unpaired) electrons. The van der Waals surface area contributed by atoms with Crippen LogP contribution in [0.25, 0.3) is 0 Å². The van der Waals surface area contributed by atoms with Crippen LogP contribution in [-0.2, 0) is 5.41 Å². The zero-order chi connectivity index (χ0) is 11.1. The molecule has 0 spiro atoms. The van der Waals surface area contributed by atoms with E-state index >= 15 is 0 Å². The van der Waals surface area contributed by atoms with Crippen LogP contribution in [0.2, 0.25) is 0 Å². The monoisotopic (exact) mass is 212 g/mol. The predicted octanol–water partition coefficient (Wildman–Crippen LogP) is 1.93. The van der Waals surface area contributed by atoms with Gasteiger partial charge < -0.3 is 11.5 Å². The lowest BCUT2D eigenvalue weighted by atomic mass is 9.64. The highest BCUT2D eigenvalue weighted by atomic mass is 19.2. The van der Waals surface area contributed by atoms with Crippen molar-refractivity contribution in [3.8, 4) is 0 Å². The van der Waals surface area contributed by atoms with Gasteiger partial charge in [-0.3, -0.25) is 0 Å². The number of halogens is 2. The molecule has 0 aliphatic heterocycles. The second-order valence-corrected chi connectivity index (χ2v) is 4.20. The van der Waals surface area contributed by atoms with Crippen molar-refractivity contribution in [1.29, 1.82) is 0 Å². The van der Waals surface area contributed by atoms with Gasteiger partial charge in [-0.25, -0.2) is 8.78 Å². The Kier molecular flexibility index (Phi) is 2.38. The van der Waals surface area contributed by atoms with Crippen molar-refractivity contribution in [2.75, 3.05) is 12.3 Å². The van der Waals surface area contributed by atoms with E-state index in [9.17, 15) is 8.78 Å². The van der Waals surface area contributed by atoms with E-state index in [0.29, 0.717) is 6.54 Å². The van der Waals surface area contributed by atoms with E-state index in [1.54, 1.807) is 0 Å². The number of nitrogen functional groups attached to an aromatic ring is 1. The van der Waals surface area contributed by atoms with Crippen LogP contribution >= 0.6 is 0 Å². The lowest BCUT2D eigenvalue weighted by Crippen LogP contribution is -2.41. The van der Waals surface area contributed by atoms with Crippen LogP contribution in [0.4, 0.5) is 14.5 Å². The molecule has 0 heterocycles. The fraction of sp³-hybridized carbons (Fsp3) is 0.455. The maximum atomic E-state index is 13.2. The highest BCUT2D eigenvalue weighted by Gasteiger charge is 2.38. The van der Waals surface area contributed by atoms with Crippen LogP contribution in [-0.4, -0.2) is 6.54 Å². The van der Waals surface area contributed by atoms with Gasteiger partial charge in [-0.2, -0.15) is 0 Å². The van der Waals surface area contributed by atoms with Gasteiger partial charge in [0.1, 0.15) is 0 Å². The number of benzene rings is 1. The summed E-state index contributed by atoms with van der Waals surface area (Å²) in [5, 5.41) is 0. The van der Waals surface area contributed by atoms with Gasteiger partial charge in [-0.15, -0.1) is 0 Å². The van der Waals surface area contributed by atoms with Crippen LogP contribution in [0.15, 0.2) is 12.1 Å². The van der Waals surface area contributed by atoms with Gasteiger partial charge in [0.25, 0.3) is 0 Å². The molecule has 1 aliphatic rings. The summed E-state index contributed by atoms with van der Waals surface area (Å²) in [6.45, 7) is 0.456. The standard InChI is InChI=1S/C11H14F2N2/c12-8-4-7(5-9(15)10(8)13)11(6-14)2-1-3-11/h4-5H,1-3,6,14-15H2. The minimum Gasteiger partial charge on any atom is -0.396 e. The number of nitrogens with two attached hydrogens (primary N) is 2. The third kappa shape index (κ3) is 1.49. The SMILES string of the molecule is NCC1(c2cc(N)c(F)c(F)c2)CCC1. The van der Waals surface area contributed by atoms with Crippen molar-refractivity contribution in [3.63, 3.8) is 0 Å². The fourth-order valence-corrected chi connectivity index (χ4v) is 2.13. The Labute approximate surface area is 87.3 Å². The summed E-state index contributed by atoms with van der Waals surface area (Å²) in [6, 6.07) is 2.72. The van der Waals surface area contributed by atoms with E-state index < -0.39 is 11.6 Å². The van der Waals surface area contributed by atoms with Gasteiger partial charge in [0, 0.05) is 12.0 Å². The van der Waals surface area contributed by atoms with Gasteiger partial charge in [-0.05, 0) is 30.5 Å². The Morgan fingerprint density at radius 3 is 2.33 bits per heavy atom. The smallest absolute Gasteiger partial charge is 0.181 e. The lowest BCUT2D eigenvalue weighted by Gasteiger charge is -2.41. The third-order valence-electron chi connectivity index (χ3n) is 3.37. The average Bonchev–Trinajstić information content (AvgIpc) is 2.13. The largest absolute Gasteiger partial charge is 0.396 e. The van der Waals surface area contributed by atoms with Crippen LogP contribution in [0, 0.1) is 11.6 Å². The van der Waals surface area contributed by atoms with Crippen LogP contribution in [0.1, 0.15) is 24.8 Å². The molecule has 1 aliphatic carbocycles. The second kappa shape index (κ2) is 3.45. The molecule has 1 aromatic rings. The topological polar surface area (TPSA) is 52.0 Å². The fourth-order valence-electron chi connectivity index (χ4n) is 2.13. The zero-order valence-corrected chi connectivity index (χ0v) is 8.39. The molecule has 0 unspecified atom stereocenters. The van der Waals surface area contributed by atoms with Gasteiger partial charge in [0.05, 0.1) is 5.69 Å². The first-order chi connectivity index (χ1) is 7.09. The summed E-state index contributed by atoms with van der Waals surface area (Å²) in [6.07, 6.45) is 2.93. The van der Waals surface area contributed by atoms with E-state index in [0.717, 1.165) is 24.8 Å². The van der Waals surface area contributed by atoms with Crippen molar-refractivity contribution in [2.45, 2.75) is 24.7 Å². The normalized spacial score (nSPS) is 18.6. The molecule has 4 heteroatoms. The quantitative estimate of drug-likeness (QED) is 0.736. The number of anilines is 1. The van der Waals surface area contributed by atoms with Crippen molar-refractivity contribution in [1.82, 2.24) is 0 Å². The number of rotatable bonds is 2. The maximum Gasteiger partial charge on any atom is 0.181 e. The Morgan fingerprint density at radius 1 is 1.27 bits per heavy atom. The van der Waals surface area contributed by atoms with Crippen molar-refractivity contribution in [3.05, 3.63) is 29.3 Å². The van der Waals surface area contributed by atoms with Crippen molar-refractivity contribution in [2.24, 2.45) is 5.73 Å². The molecule has 1 aromatic carbocycles. The first-order valence-corrected chi connectivity index (χ1v) is 5.04. The molecule has 0 bridgehead atoms. The summed E-state index contributed by atoms with van der Waals surface area (Å²) < 4.78 is 26.2. The Balaban J connectivity index is 2.45. The van der Waals surface area contributed by atoms with Crippen molar-refractivity contribution >= 4 is 5.69 Å². The van der Waals surface area contributed by atoms with E-state index in [1.165, 1.54) is 12.1 Å². The first kappa shape index (κ1) is 10.4. The summed E-state index contributed by atoms with van der Waals surface area (Å²) in [5.41, 5.74) is 11.5. The summed E-state index contributed by atoms with van der Waals surface area (Å²) in [7, 11) is 0. The molecule has 4 N–H and O–H groups in total. The van der Waals surface area contributed by atoms with Gasteiger partial charge in [-0.1, -0.05) is 6.42 Å². The molecule has 82 valence electrons. The van der Waals surface area contributed by atoms with Crippen LogP contribution in [0.5, 0.6) is 0 Å². The molecular weight excluding hydrogens is 198 g/mol. The molecular formula is C11H14F2N2. The molecule has 15 heavy (non-hydrogen) atoms. The summed E-state index contributed by atoms with van der Waals surface area (Å²) >= 11 is 0. The Morgan fingerprint density at radius 2 is 1.93 bits per heavy atom. The summed E-state index contributed by atoms with van der Waals surface area (Å²) in [5.74, 6) is -1.85. The molecule has 0 amide bonds. The highest BCUT2D eigenvalue weighted by molar-refractivity contribution is 5.46. The van der Waals surface area contributed by atoms with Crippen LogP contribution < -0.4 is 11.5 Å².